The number of rotatable bonds is 0. The SMILES string of the molecule is Clc1cnc2[nH]cc(Br)c2c1Br. The highest BCUT2D eigenvalue weighted by molar-refractivity contribution is 9.11. The lowest BCUT2D eigenvalue weighted by molar-refractivity contribution is 1.32. The summed E-state index contributed by atoms with van der Waals surface area (Å²) in [7, 11) is 0. The minimum Gasteiger partial charge on any atom is -0.345 e. The van der Waals surface area contributed by atoms with Gasteiger partial charge in [-0.15, -0.1) is 0 Å². The molecule has 2 aromatic heterocycles. The maximum atomic E-state index is 5.87. The van der Waals surface area contributed by atoms with E-state index in [1.807, 2.05) is 6.20 Å². The monoisotopic (exact) mass is 308 g/mol. The van der Waals surface area contributed by atoms with E-state index in [1.165, 1.54) is 0 Å². The Morgan fingerprint density at radius 1 is 1.42 bits per heavy atom. The van der Waals surface area contributed by atoms with Gasteiger partial charge in [0.2, 0.25) is 0 Å². The van der Waals surface area contributed by atoms with Gasteiger partial charge in [-0.3, -0.25) is 0 Å². The van der Waals surface area contributed by atoms with E-state index < -0.39 is 0 Å². The predicted molar refractivity (Wildman–Crippen MR) is 56.5 cm³/mol. The van der Waals surface area contributed by atoms with E-state index in [4.69, 9.17) is 11.6 Å². The fraction of sp³-hybridized carbons (Fsp3) is 0. The van der Waals surface area contributed by atoms with Crippen molar-refractivity contribution >= 4 is 54.5 Å². The van der Waals surface area contributed by atoms with Crippen molar-refractivity contribution in [1.82, 2.24) is 9.97 Å². The largest absolute Gasteiger partial charge is 0.345 e. The number of hydrogen-bond acceptors (Lipinski definition) is 1. The molecule has 0 amide bonds. The lowest BCUT2D eigenvalue weighted by Gasteiger charge is -1.96. The van der Waals surface area contributed by atoms with Gasteiger partial charge in [0.15, 0.2) is 0 Å². The molecule has 62 valence electrons. The Bertz CT molecular complexity index is 438. The molecular weight excluding hydrogens is 307 g/mol. The summed E-state index contributed by atoms with van der Waals surface area (Å²) in [6, 6.07) is 0. The molecule has 2 aromatic rings. The van der Waals surface area contributed by atoms with E-state index in [2.05, 4.69) is 41.8 Å². The molecule has 0 fully saturated rings. The summed E-state index contributed by atoms with van der Waals surface area (Å²) in [4.78, 5) is 7.12. The summed E-state index contributed by atoms with van der Waals surface area (Å²) in [5.41, 5.74) is 0.818. The van der Waals surface area contributed by atoms with Gasteiger partial charge >= 0.3 is 0 Å². The van der Waals surface area contributed by atoms with Crippen LogP contribution in [0.5, 0.6) is 0 Å². The standard InChI is InChI=1S/C7H3Br2ClN2/c8-3-1-11-7-5(3)6(9)4(10)2-12-7/h1-2H,(H,11,12). The second-order valence-electron chi connectivity index (χ2n) is 2.28. The lowest BCUT2D eigenvalue weighted by Crippen LogP contribution is -1.77. The molecule has 0 unspecified atom stereocenters. The van der Waals surface area contributed by atoms with Gasteiger partial charge in [-0.2, -0.15) is 0 Å². The van der Waals surface area contributed by atoms with Gasteiger partial charge in [0.25, 0.3) is 0 Å². The van der Waals surface area contributed by atoms with Crippen LogP contribution in [0.2, 0.25) is 5.02 Å². The minimum atomic E-state index is 0.614. The number of nitrogens with zero attached hydrogens (tertiary/aromatic N) is 1. The highest BCUT2D eigenvalue weighted by Gasteiger charge is 2.08. The van der Waals surface area contributed by atoms with Crippen LogP contribution in [-0.4, -0.2) is 9.97 Å². The number of halogens is 3. The summed E-state index contributed by atoms with van der Waals surface area (Å²) >= 11 is 12.7. The summed E-state index contributed by atoms with van der Waals surface area (Å²) in [6.45, 7) is 0. The Labute approximate surface area is 90.6 Å². The number of nitrogens with one attached hydrogen (secondary N) is 1. The van der Waals surface area contributed by atoms with Crippen LogP contribution in [0.3, 0.4) is 0 Å². The zero-order chi connectivity index (χ0) is 8.72. The number of hydrogen-bond donors (Lipinski definition) is 1. The Hall–Kier alpha value is -0.0600. The molecule has 0 atom stereocenters. The smallest absolute Gasteiger partial charge is 0.139 e. The van der Waals surface area contributed by atoms with Crippen LogP contribution >= 0.6 is 43.5 Å². The Balaban J connectivity index is 2.96. The van der Waals surface area contributed by atoms with Crippen molar-refractivity contribution in [2.24, 2.45) is 0 Å². The van der Waals surface area contributed by atoms with E-state index in [9.17, 15) is 0 Å². The molecular formula is C7H3Br2ClN2. The van der Waals surface area contributed by atoms with Crippen LogP contribution in [0.15, 0.2) is 21.3 Å². The van der Waals surface area contributed by atoms with Crippen LogP contribution in [0.4, 0.5) is 0 Å². The van der Waals surface area contributed by atoms with Gasteiger partial charge < -0.3 is 4.98 Å². The van der Waals surface area contributed by atoms with Crippen LogP contribution in [0, 0.1) is 0 Å². The van der Waals surface area contributed by atoms with Gasteiger partial charge in [-0.1, -0.05) is 11.6 Å². The van der Waals surface area contributed by atoms with E-state index in [1.54, 1.807) is 6.20 Å². The minimum absolute atomic E-state index is 0.614. The summed E-state index contributed by atoms with van der Waals surface area (Å²) in [5.74, 6) is 0. The molecule has 5 heteroatoms. The average Bonchev–Trinajstić information content (AvgIpc) is 2.41. The third-order valence-electron chi connectivity index (χ3n) is 1.55. The van der Waals surface area contributed by atoms with Gasteiger partial charge in [0, 0.05) is 26.7 Å². The second kappa shape index (κ2) is 3.01. The number of H-pyrrole nitrogens is 1. The predicted octanol–water partition coefficient (Wildman–Crippen LogP) is 3.74. The first-order valence-corrected chi connectivity index (χ1v) is 5.13. The van der Waals surface area contributed by atoms with Crippen LogP contribution in [-0.2, 0) is 0 Å². The Morgan fingerprint density at radius 3 is 2.92 bits per heavy atom. The van der Waals surface area contributed by atoms with Crippen molar-refractivity contribution < 1.29 is 0 Å². The highest BCUT2D eigenvalue weighted by Crippen LogP contribution is 2.33. The zero-order valence-electron chi connectivity index (χ0n) is 5.74. The third kappa shape index (κ3) is 1.18. The molecule has 0 aliphatic heterocycles. The zero-order valence-corrected chi connectivity index (χ0v) is 9.66. The van der Waals surface area contributed by atoms with Crippen molar-refractivity contribution in [2.45, 2.75) is 0 Å². The summed E-state index contributed by atoms with van der Waals surface area (Å²) in [5, 5.41) is 1.59. The number of aromatic nitrogens is 2. The number of fused-ring (bicyclic) bond motifs is 1. The molecule has 0 aliphatic rings. The van der Waals surface area contributed by atoms with Crippen LogP contribution in [0.1, 0.15) is 0 Å². The van der Waals surface area contributed by atoms with Crippen molar-refractivity contribution in [1.29, 1.82) is 0 Å². The molecule has 0 bridgehead atoms. The van der Waals surface area contributed by atoms with Gasteiger partial charge in [-0.25, -0.2) is 4.98 Å². The first kappa shape index (κ1) is 8.53. The molecule has 0 radical (unpaired) electrons. The van der Waals surface area contributed by atoms with Crippen LogP contribution in [0.25, 0.3) is 11.0 Å². The molecule has 2 nitrogen and oxygen atoms in total. The fourth-order valence-electron chi connectivity index (χ4n) is 0.997. The molecule has 0 aromatic carbocycles. The summed E-state index contributed by atoms with van der Waals surface area (Å²) in [6.07, 6.45) is 3.44. The van der Waals surface area contributed by atoms with E-state index in [0.717, 1.165) is 20.0 Å². The molecule has 0 spiro atoms. The molecule has 2 rings (SSSR count). The molecule has 0 saturated heterocycles. The molecule has 0 saturated carbocycles. The Kier molecular flexibility index (Phi) is 2.14. The Morgan fingerprint density at radius 2 is 2.17 bits per heavy atom. The van der Waals surface area contributed by atoms with Crippen LogP contribution < -0.4 is 0 Å². The second-order valence-corrected chi connectivity index (χ2v) is 4.33. The van der Waals surface area contributed by atoms with E-state index in [-0.39, 0.29) is 0 Å². The number of aromatic amines is 1. The summed E-state index contributed by atoms with van der Waals surface area (Å²) < 4.78 is 1.82. The van der Waals surface area contributed by atoms with E-state index in [0.29, 0.717) is 5.02 Å². The normalized spacial score (nSPS) is 10.9. The maximum absolute atomic E-state index is 5.87. The van der Waals surface area contributed by atoms with Gasteiger partial charge in [-0.05, 0) is 31.9 Å². The fourth-order valence-corrected chi connectivity index (χ4v) is 2.41. The highest BCUT2D eigenvalue weighted by atomic mass is 79.9. The molecule has 1 N–H and O–H groups in total. The topological polar surface area (TPSA) is 28.7 Å². The van der Waals surface area contributed by atoms with E-state index >= 15 is 0 Å². The first-order chi connectivity index (χ1) is 5.70. The third-order valence-corrected chi connectivity index (χ3v) is 3.51. The van der Waals surface area contributed by atoms with Gasteiger partial charge in [0.05, 0.1) is 5.02 Å². The van der Waals surface area contributed by atoms with Crippen molar-refractivity contribution in [3.05, 3.63) is 26.4 Å². The number of pyridine rings is 1. The average molecular weight is 310 g/mol. The molecule has 0 aliphatic carbocycles. The van der Waals surface area contributed by atoms with Crippen molar-refractivity contribution in [3.63, 3.8) is 0 Å². The molecule has 12 heavy (non-hydrogen) atoms. The molecule has 2 heterocycles. The van der Waals surface area contributed by atoms with Gasteiger partial charge in [0.1, 0.15) is 5.65 Å². The quantitative estimate of drug-likeness (QED) is 0.789. The maximum Gasteiger partial charge on any atom is 0.139 e. The lowest BCUT2D eigenvalue weighted by atomic mass is 10.3. The van der Waals surface area contributed by atoms with Crippen molar-refractivity contribution in [2.75, 3.05) is 0 Å². The van der Waals surface area contributed by atoms with Crippen molar-refractivity contribution in [3.8, 4) is 0 Å². The first-order valence-electron chi connectivity index (χ1n) is 3.16.